The predicted octanol–water partition coefficient (Wildman–Crippen LogP) is 4.48. The molecule has 5 rings (SSSR count). The van der Waals surface area contributed by atoms with E-state index in [9.17, 15) is 9.90 Å². The molecule has 1 aromatic rings. The van der Waals surface area contributed by atoms with Crippen molar-refractivity contribution in [2.45, 2.75) is 83.8 Å². The number of rotatable bonds is 3. The van der Waals surface area contributed by atoms with Crippen molar-refractivity contribution in [1.82, 2.24) is 9.55 Å². The van der Waals surface area contributed by atoms with E-state index < -0.39 is 5.60 Å². The Bertz CT molecular complexity index is 852. The number of imidazole rings is 1. The molecular weight excluding hydrogens is 372 g/mol. The van der Waals surface area contributed by atoms with E-state index in [0.29, 0.717) is 24.2 Å². The number of nitrogens with zero attached hydrogens (tertiary/aromatic N) is 2. The average Bonchev–Trinajstić information content (AvgIpc) is 3.34. The molecule has 8 atom stereocenters. The van der Waals surface area contributed by atoms with Crippen LogP contribution in [0.15, 0.2) is 18.7 Å². The number of aromatic nitrogens is 2. The lowest BCUT2D eigenvalue weighted by Gasteiger charge is -2.56. The quantitative estimate of drug-likeness (QED) is 0.751. The van der Waals surface area contributed by atoms with Crippen molar-refractivity contribution in [2.75, 3.05) is 0 Å². The van der Waals surface area contributed by atoms with Gasteiger partial charge in [-0.2, -0.15) is 0 Å². The highest BCUT2D eigenvalue weighted by molar-refractivity contribution is 5.82. The molecule has 0 saturated heterocycles. The molecule has 0 aromatic carbocycles. The molecule has 4 nitrogen and oxygen atoms in total. The van der Waals surface area contributed by atoms with Crippen molar-refractivity contribution >= 4 is 5.78 Å². The summed E-state index contributed by atoms with van der Waals surface area (Å²) in [7, 11) is 0. The lowest BCUT2D eigenvalue weighted by Crippen LogP contribution is -2.51. The van der Waals surface area contributed by atoms with E-state index in [1.807, 2.05) is 17.7 Å². The van der Waals surface area contributed by atoms with E-state index in [4.69, 9.17) is 0 Å². The van der Waals surface area contributed by atoms with Gasteiger partial charge in [-0.1, -0.05) is 12.8 Å². The van der Waals surface area contributed by atoms with Crippen molar-refractivity contribution in [1.29, 1.82) is 0 Å². The maximum absolute atomic E-state index is 13.2. The van der Waals surface area contributed by atoms with Gasteiger partial charge in [0.05, 0.1) is 12.9 Å². The Morgan fingerprint density at radius 1 is 1.13 bits per heavy atom. The summed E-state index contributed by atoms with van der Waals surface area (Å²) in [6, 6.07) is 0. The van der Waals surface area contributed by atoms with Gasteiger partial charge >= 0.3 is 0 Å². The number of hydrogen-bond donors (Lipinski definition) is 1. The van der Waals surface area contributed by atoms with Crippen LogP contribution in [0.2, 0.25) is 0 Å². The van der Waals surface area contributed by atoms with Gasteiger partial charge in [-0.25, -0.2) is 4.98 Å². The number of ketones is 1. The number of hydrogen-bond acceptors (Lipinski definition) is 3. The van der Waals surface area contributed by atoms with Crippen molar-refractivity contribution in [3.8, 4) is 11.8 Å². The van der Waals surface area contributed by atoms with Gasteiger partial charge in [0, 0.05) is 18.3 Å². The summed E-state index contributed by atoms with van der Waals surface area (Å²) in [4.78, 5) is 17.3. The normalized spacial score (nSPS) is 44.9. The van der Waals surface area contributed by atoms with E-state index >= 15 is 0 Å². The van der Waals surface area contributed by atoms with E-state index in [0.717, 1.165) is 43.4 Å². The molecule has 0 aliphatic heterocycles. The van der Waals surface area contributed by atoms with Crippen LogP contribution in [0.25, 0.3) is 0 Å². The van der Waals surface area contributed by atoms with Crippen LogP contribution in [0, 0.1) is 52.8 Å². The Balaban J connectivity index is 1.31. The lowest BCUT2D eigenvalue weighted by atomic mass is 9.49. The van der Waals surface area contributed by atoms with E-state index in [1.165, 1.54) is 32.1 Å². The molecule has 30 heavy (non-hydrogen) atoms. The van der Waals surface area contributed by atoms with Crippen LogP contribution in [0.3, 0.4) is 0 Å². The first kappa shape index (κ1) is 20.3. The maximum atomic E-state index is 13.2. The Morgan fingerprint density at radius 2 is 1.97 bits per heavy atom. The van der Waals surface area contributed by atoms with Crippen LogP contribution in [0.5, 0.6) is 0 Å². The van der Waals surface area contributed by atoms with Gasteiger partial charge in [0.2, 0.25) is 0 Å². The lowest BCUT2D eigenvalue weighted by molar-refractivity contribution is -0.132. The van der Waals surface area contributed by atoms with E-state index in [2.05, 4.69) is 23.7 Å². The van der Waals surface area contributed by atoms with Crippen LogP contribution in [-0.4, -0.2) is 26.0 Å². The third-order valence-corrected chi connectivity index (χ3v) is 9.65. The molecule has 1 heterocycles. The van der Waals surface area contributed by atoms with Gasteiger partial charge in [-0.05, 0) is 99.7 Å². The SMILES string of the molecule is CC#C[C@@]1(O)CC[C@@H]2C3CC[C@@]4(C)C(CC[C@@H]4C(=O)Cn4ccnc4)C3CC[C@@H]2C1. The highest BCUT2D eigenvalue weighted by Gasteiger charge is 2.58. The van der Waals surface area contributed by atoms with Crippen molar-refractivity contribution in [3.63, 3.8) is 0 Å². The van der Waals surface area contributed by atoms with Gasteiger partial charge in [0.25, 0.3) is 0 Å². The van der Waals surface area contributed by atoms with Crippen LogP contribution >= 0.6 is 0 Å². The molecule has 0 bridgehead atoms. The molecule has 1 aromatic heterocycles. The van der Waals surface area contributed by atoms with Crippen molar-refractivity contribution in [2.24, 2.45) is 40.9 Å². The molecule has 162 valence electrons. The number of carbonyl (C=O) groups is 1. The van der Waals surface area contributed by atoms with E-state index in [-0.39, 0.29) is 11.3 Å². The molecule has 4 heteroatoms. The zero-order valence-electron chi connectivity index (χ0n) is 18.5. The van der Waals surface area contributed by atoms with Crippen LogP contribution in [-0.2, 0) is 11.3 Å². The zero-order valence-corrected chi connectivity index (χ0v) is 18.5. The molecular formula is C26H36N2O2. The van der Waals surface area contributed by atoms with Gasteiger partial charge < -0.3 is 9.67 Å². The zero-order chi connectivity index (χ0) is 20.9. The van der Waals surface area contributed by atoms with Crippen molar-refractivity contribution in [3.05, 3.63) is 18.7 Å². The average molecular weight is 409 g/mol. The maximum Gasteiger partial charge on any atom is 0.156 e. The second kappa shape index (κ2) is 7.52. The van der Waals surface area contributed by atoms with Gasteiger partial charge in [-0.3, -0.25) is 4.79 Å². The number of carbonyl (C=O) groups excluding carboxylic acids is 1. The molecule has 0 spiro atoms. The van der Waals surface area contributed by atoms with Crippen LogP contribution < -0.4 is 0 Å². The molecule has 0 amide bonds. The summed E-state index contributed by atoms with van der Waals surface area (Å²) in [6.45, 7) is 4.75. The van der Waals surface area contributed by atoms with Crippen LogP contribution in [0.4, 0.5) is 0 Å². The highest BCUT2D eigenvalue weighted by Crippen LogP contribution is 2.64. The summed E-state index contributed by atoms with van der Waals surface area (Å²) in [5, 5.41) is 10.9. The summed E-state index contributed by atoms with van der Waals surface area (Å²) < 4.78 is 1.93. The third kappa shape index (κ3) is 3.25. The third-order valence-electron chi connectivity index (χ3n) is 9.65. The molecule has 4 saturated carbocycles. The summed E-state index contributed by atoms with van der Waals surface area (Å²) in [5.41, 5.74) is -0.571. The number of fused-ring (bicyclic) bond motifs is 5. The molecule has 4 fully saturated rings. The molecule has 4 aliphatic carbocycles. The predicted molar refractivity (Wildman–Crippen MR) is 116 cm³/mol. The second-order valence-corrected chi connectivity index (χ2v) is 11.0. The summed E-state index contributed by atoms with van der Waals surface area (Å²) >= 11 is 0. The fourth-order valence-electron chi connectivity index (χ4n) is 8.42. The molecule has 0 radical (unpaired) electrons. The van der Waals surface area contributed by atoms with Crippen LogP contribution in [0.1, 0.15) is 71.6 Å². The minimum Gasteiger partial charge on any atom is -0.378 e. The van der Waals surface area contributed by atoms with Gasteiger partial charge in [0.15, 0.2) is 5.78 Å². The topological polar surface area (TPSA) is 55.1 Å². The summed E-state index contributed by atoms with van der Waals surface area (Å²) in [6.07, 6.45) is 15.5. The second-order valence-electron chi connectivity index (χ2n) is 11.0. The first-order valence-corrected chi connectivity index (χ1v) is 12.1. The largest absolute Gasteiger partial charge is 0.378 e. The molecule has 4 aliphatic rings. The molecule has 1 N–H and O–H groups in total. The molecule has 3 unspecified atom stereocenters. The smallest absolute Gasteiger partial charge is 0.156 e. The number of Topliss-reactive ketones (excluding diaryl/α,β-unsaturated/α-hetero) is 1. The fourth-order valence-corrected chi connectivity index (χ4v) is 8.42. The van der Waals surface area contributed by atoms with Crippen molar-refractivity contribution < 1.29 is 9.90 Å². The monoisotopic (exact) mass is 408 g/mol. The van der Waals surface area contributed by atoms with Gasteiger partial charge in [-0.15, -0.1) is 5.92 Å². The Kier molecular flexibility index (Phi) is 5.09. The van der Waals surface area contributed by atoms with E-state index in [1.54, 1.807) is 12.5 Å². The Labute approximate surface area is 180 Å². The minimum absolute atomic E-state index is 0.175. The standard InChI is InChI=1S/C26H36N2O2/c1-3-10-26(30)12-9-19-18(15-26)4-5-21-20(19)8-11-25(2)22(21)6-7-23(25)24(29)16-28-14-13-27-17-28/h13-14,17-23,30H,4-9,11-12,15-16H2,1-2H3/t18-,19+,20?,21?,22?,23-,25+,26-/m1/s1. The summed E-state index contributed by atoms with van der Waals surface area (Å²) in [5.74, 6) is 10.3. The van der Waals surface area contributed by atoms with Gasteiger partial charge in [0.1, 0.15) is 5.60 Å². The minimum atomic E-state index is -0.746. The first-order valence-electron chi connectivity index (χ1n) is 12.1. The Morgan fingerprint density at radius 3 is 2.73 bits per heavy atom. The fraction of sp³-hybridized carbons (Fsp3) is 0.769. The Hall–Kier alpha value is -1.60. The number of aliphatic hydroxyl groups is 1. The highest BCUT2D eigenvalue weighted by atomic mass is 16.3. The first-order chi connectivity index (χ1) is 14.4.